The van der Waals surface area contributed by atoms with E-state index in [9.17, 15) is 10.3 Å². The van der Waals surface area contributed by atoms with Gasteiger partial charge in [-0.05, 0) is 43.5 Å². The molecule has 1 fully saturated rings. The molecule has 8 heteroatoms. The Bertz CT molecular complexity index is 1200. The van der Waals surface area contributed by atoms with Crippen LogP contribution in [0.2, 0.25) is 5.02 Å². The monoisotopic (exact) mass is 493 g/mol. The predicted octanol–water partition coefficient (Wildman–Crippen LogP) is 4.01. The van der Waals surface area contributed by atoms with Gasteiger partial charge in [-0.25, -0.2) is 0 Å². The average molecular weight is 494 g/mol. The number of aromatic nitrogens is 2. The molecule has 3 aromatic rings. The lowest BCUT2D eigenvalue weighted by Gasteiger charge is -2.37. The van der Waals surface area contributed by atoms with E-state index in [0.29, 0.717) is 31.0 Å². The minimum atomic E-state index is -0.519. The normalized spacial score (nSPS) is 18.6. The van der Waals surface area contributed by atoms with Crippen LogP contribution in [-0.2, 0) is 19.4 Å². The first-order valence-corrected chi connectivity index (χ1v) is 12.6. The van der Waals surface area contributed by atoms with Crippen LogP contribution in [0.1, 0.15) is 23.2 Å². The molecular formula is C27H32ClN5O2. The van der Waals surface area contributed by atoms with Crippen LogP contribution in [0.25, 0.3) is 11.3 Å². The van der Waals surface area contributed by atoms with Crippen LogP contribution in [0.3, 0.4) is 0 Å². The molecule has 35 heavy (non-hydrogen) atoms. The van der Waals surface area contributed by atoms with Crippen molar-refractivity contribution < 1.29 is 10.3 Å². The molecule has 1 atom stereocenters. The maximum atomic E-state index is 11.0. The van der Waals surface area contributed by atoms with E-state index in [1.807, 2.05) is 28.9 Å². The van der Waals surface area contributed by atoms with E-state index in [2.05, 4.69) is 46.1 Å². The molecule has 0 saturated carbocycles. The molecule has 2 aliphatic rings. The van der Waals surface area contributed by atoms with Gasteiger partial charge in [-0.2, -0.15) is 5.10 Å². The minimum Gasteiger partial charge on any atom is -0.411 e. The van der Waals surface area contributed by atoms with E-state index >= 15 is 0 Å². The Labute approximate surface area is 211 Å². The fourth-order valence-electron chi connectivity index (χ4n) is 5.28. The average Bonchev–Trinajstić information content (AvgIpc) is 3.22. The molecule has 2 N–H and O–H groups in total. The minimum absolute atomic E-state index is 0.444. The van der Waals surface area contributed by atoms with E-state index in [0.717, 1.165) is 60.8 Å². The molecule has 2 aromatic carbocycles. The first-order valence-electron chi connectivity index (χ1n) is 12.3. The van der Waals surface area contributed by atoms with Crippen molar-refractivity contribution in [2.24, 2.45) is 5.16 Å². The molecule has 0 spiro atoms. The molecule has 1 aliphatic heterocycles. The molecule has 0 radical (unpaired) electrons. The highest BCUT2D eigenvalue weighted by atomic mass is 35.5. The number of nitrogens with zero attached hydrogens (tertiary/aromatic N) is 5. The number of fused-ring (bicyclic) bond motifs is 1. The number of rotatable bonds is 6. The number of para-hydroxylation sites is 1. The Kier molecular flexibility index (Phi) is 7.09. The lowest BCUT2D eigenvalue weighted by molar-refractivity contribution is 0.0913. The quantitative estimate of drug-likeness (QED) is 0.400. The van der Waals surface area contributed by atoms with Crippen LogP contribution in [0, 0.1) is 6.92 Å². The zero-order chi connectivity index (χ0) is 24.4. The lowest BCUT2D eigenvalue weighted by atomic mass is 9.92. The number of aliphatic hydroxyl groups is 1. The summed E-state index contributed by atoms with van der Waals surface area (Å²) in [5, 5.41) is 29.4. The Morgan fingerprint density at radius 3 is 2.46 bits per heavy atom. The Hall–Kier alpha value is -2.87. The smallest absolute Gasteiger partial charge is 0.0961 e. The highest BCUT2D eigenvalue weighted by molar-refractivity contribution is 6.30. The van der Waals surface area contributed by atoms with Gasteiger partial charge in [-0.15, -0.1) is 0 Å². The van der Waals surface area contributed by atoms with Crippen LogP contribution in [0.4, 0.5) is 5.69 Å². The highest BCUT2D eigenvalue weighted by Crippen LogP contribution is 2.31. The van der Waals surface area contributed by atoms with E-state index in [1.54, 1.807) is 0 Å². The third kappa shape index (κ3) is 5.22. The number of piperazine rings is 1. The summed E-state index contributed by atoms with van der Waals surface area (Å²) in [5.74, 6) is 0. The van der Waals surface area contributed by atoms with Gasteiger partial charge in [0.15, 0.2) is 0 Å². The number of β-amino-alcohol motifs (C(OH)–C–C–N with tert-alkyl or cyclic N) is 1. The number of oxime groups is 1. The maximum Gasteiger partial charge on any atom is 0.0961 e. The topological polar surface area (TPSA) is 77.1 Å². The molecular weight excluding hydrogens is 462 g/mol. The van der Waals surface area contributed by atoms with Gasteiger partial charge >= 0.3 is 0 Å². The summed E-state index contributed by atoms with van der Waals surface area (Å²) in [6.07, 6.45) is 1.50. The maximum absolute atomic E-state index is 11.0. The first-order chi connectivity index (χ1) is 17.0. The van der Waals surface area contributed by atoms with Crippen LogP contribution in [0.5, 0.6) is 0 Å². The molecule has 1 aromatic heterocycles. The lowest BCUT2D eigenvalue weighted by Crippen LogP contribution is -2.49. The molecule has 1 saturated heterocycles. The number of halogens is 1. The number of aryl methyl sites for hydroxylation is 1. The Morgan fingerprint density at radius 1 is 1.00 bits per heavy atom. The molecule has 0 amide bonds. The van der Waals surface area contributed by atoms with E-state index in [-0.39, 0.29) is 0 Å². The summed E-state index contributed by atoms with van der Waals surface area (Å²) in [4.78, 5) is 4.77. The van der Waals surface area contributed by atoms with Crippen LogP contribution < -0.4 is 4.90 Å². The third-order valence-corrected chi connectivity index (χ3v) is 7.39. The van der Waals surface area contributed by atoms with Gasteiger partial charge in [0.25, 0.3) is 0 Å². The molecule has 0 bridgehead atoms. The molecule has 184 valence electrons. The van der Waals surface area contributed by atoms with Gasteiger partial charge in [-0.3, -0.25) is 9.58 Å². The summed E-state index contributed by atoms with van der Waals surface area (Å²) < 4.78 is 1.96. The van der Waals surface area contributed by atoms with E-state index in [4.69, 9.17) is 16.7 Å². The zero-order valence-corrected chi connectivity index (χ0v) is 20.8. The van der Waals surface area contributed by atoms with Crippen molar-refractivity contribution in [1.82, 2.24) is 14.7 Å². The second-order valence-electron chi connectivity index (χ2n) is 9.53. The second kappa shape index (κ2) is 10.4. The van der Waals surface area contributed by atoms with Crippen molar-refractivity contribution in [3.63, 3.8) is 0 Å². The standard InChI is InChI=1S/C27H32ClN5O2/c1-19-4-2-3-5-25(19)32-14-12-31(13-15-32)17-23(34)18-33-26-11-10-22(30-35)16-24(26)27(29-33)20-6-8-21(28)9-7-20/h2-9,23,34-35H,10-18H2,1H3/b30-22-. The SMILES string of the molecule is Cc1ccccc1N1CCN(CC(O)Cn2nc(-c3ccc(Cl)cc3)c3c2CC/C(=N/O)C3)CC1. The van der Waals surface area contributed by atoms with Gasteiger partial charge in [0.1, 0.15) is 0 Å². The number of aliphatic hydroxyl groups excluding tert-OH is 1. The summed E-state index contributed by atoms with van der Waals surface area (Å²) in [7, 11) is 0. The fourth-order valence-corrected chi connectivity index (χ4v) is 5.40. The summed E-state index contributed by atoms with van der Waals surface area (Å²) in [5.41, 5.74) is 7.41. The summed E-state index contributed by atoms with van der Waals surface area (Å²) >= 11 is 6.09. The molecule has 2 heterocycles. The van der Waals surface area contributed by atoms with Crippen molar-refractivity contribution in [2.75, 3.05) is 37.6 Å². The van der Waals surface area contributed by atoms with Gasteiger partial charge in [0.2, 0.25) is 0 Å². The Morgan fingerprint density at radius 2 is 1.74 bits per heavy atom. The second-order valence-corrected chi connectivity index (χ2v) is 9.97. The highest BCUT2D eigenvalue weighted by Gasteiger charge is 2.27. The third-order valence-electron chi connectivity index (χ3n) is 7.14. The van der Waals surface area contributed by atoms with Gasteiger partial charge in [0.05, 0.1) is 24.1 Å². The zero-order valence-electron chi connectivity index (χ0n) is 20.1. The largest absolute Gasteiger partial charge is 0.411 e. The van der Waals surface area contributed by atoms with E-state index < -0.39 is 6.10 Å². The molecule has 1 unspecified atom stereocenters. The van der Waals surface area contributed by atoms with Gasteiger partial charge in [0, 0.05) is 66.7 Å². The van der Waals surface area contributed by atoms with Crippen molar-refractivity contribution in [3.05, 3.63) is 70.4 Å². The van der Waals surface area contributed by atoms with Gasteiger partial charge in [-0.1, -0.05) is 47.1 Å². The number of hydrogen-bond donors (Lipinski definition) is 2. The first kappa shape index (κ1) is 23.9. The van der Waals surface area contributed by atoms with Crippen molar-refractivity contribution >= 4 is 23.0 Å². The summed E-state index contributed by atoms with van der Waals surface area (Å²) in [6.45, 7) is 6.99. The van der Waals surface area contributed by atoms with Crippen molar-refractivity contribution in [2.45, 2.75) is 38.8 Å². The van der Waals surface area contributed by atoms with Crippen LogP contribution >= 0.6 is 11.6 Å². The molecule has 7 nitrogen and oxygen atoms in total. The summed E-state index contributed by atoms with van der Waals surface area (Å²) in [6, 6.07) is 16.2. The van der Waals surface area contributed by atoms with Crippen LogP contribution in [0.15, 0.2) is 53.7 Å². The van der Waals surface area contributed by atoms with Crippen molar-refractivity contribution in [3.8, 4) is 11.3 Å². The predicted molar refractivity (Wildman–Crippen MR) is 140 cm³/mol. The van der Waals surface area contributed by atoms with Crippen LogP contribution in [-0.4, -0.2) is 69.5 Å². The van der Waals surface area contributed by atoms with E-state index in [1.165, 1.54) is 11.3 Å². The molecule has 5 rings (SSSR count). The fraction of sp³-hybridized carbons (Fsp3) is 0.407. The molecule has 1 aliphatic carbocycles. The van der Waals surface area contributed by atoms with Gasteiger partial charge < -0.3 is 15.2 Å². The Balaban J connectivity index is 1.27. The van der Waals surface area contributed by atoms with Crippen molar-refractivity contribution in [1.29, 1.82) is 0 Å². The number of anilines is 1. The number of hydrogen-bond acceptors (Lipinski definition) is 6. The number of benzene rings is 2.